The van der Waals surface area contributed by atoms with Crippen molar-refractivity contribution in [2.75, 3.05) is 0 Å². The van der Waals surface area contributed by atoms with E-state index in [4.69, 9.17) is 4.74 Å². The summed E-state index contributed by atoms with van der Waals surface area (Å²) in [7, 11) is 1.68. The van der Waals surface area contributed by atoms with E-state index in [-0.39, 0.29) is 76.1 Å². The quantitative estimate of drug-likeness (QED) is 0.545. The summed E-state index contributed by atoms with van der Waals surface area (Å²) in [5, 5.41) is 2.16. The number of aromatic nitrogens is 2. The fourth-order valence-corrected chi connectivity index (χ4v) is 3.86. The van der Waals surface area contributed by atoms with Crippen molar-refractivity contribution in [1.82, 2.24) is 14.9 Å². The van der Waals surface area contributed by atoms with Gasteiger partial charge in [0.25, 0.3) is 10.8 Å². The summed E-state index contributed by atoms with van der Waals surface area (Å²) in [5.41, 5.74) is 1.47. The molecule has 1 aliphatic rings. The predicted octanol–water partition coefficient (Wildman–Crippen LogP) is -0.477. The van der Waals surface area contributed by atoms with E-state index in [0.29, 0.717) is 28.9 Å². The first-order valence-corrected chi connectivity index (χ1v) is 9.57. The number of hydrogen-bond acceptors (Lipinski definition) is 6. The summed E-state index contributed by atoms with van der Waals surface area (Å²) in [6.07, 6.45) is 0.475. The fourth-order valence-electron chi connectivity index (χ4n) is 3.00. The van der Waals surface area contributed by atoms with Gasteiger partial charge in [0.05, 0.1) is 16.2 Å². The van der Waals surface area contributed by atoms with Crippen molar-refractivity contribution in [1.29, 1.82) is 0 Å². The number of thioether (sulfide) groups is 1. The van der Waals surface area contributed by atoms with Gasteiger partial charge in [-0.05, 0) is 36.2 Å². The van der Waals surface area contributed by atoms with E-state index in [1.165, 1.54) is 4.57 Å². The Balaban J connectivity index is 0.00000160. The maximum absolute atomic E-state index is 12.4. The number of carbonyl (C=O) groups excluding carboxylic acids is 2. The molecule has 1 N–H and O–H groups in total. The Morgan fingerprint density at radius 3 is 2.55 bits per heavy atom. The van der Waals surface area contributed by atoms with Gasteiger partial charge in [-0.25, -0.2) is 4.98 Å². The van der Waals surface area contributed by atoms with Gasteiger partial charge in [0.1, 0.15) is 18.2 Å². The van der Waals surface area contributed by atoms with Crippen LogP contribution in [-0.4, -0.2) is 25.9 Å². The van der Waals surface area contributed by atoms with E-state index < -0.39 is 5.25 Å². The molecule has 2 heterocycles. The van der Waals surface area contributed by atoms with Gasteiger partial charge in [-0.2, -0.15) is 0 Å². The Bertz CT molecular complexity index is 1140. The van der Waals surface area contributed by atoms with Gasteiger partial charge in [0.2, 0.25) is 5.91 Å². The van der Waals surface area contributed by atoms with Crippen molar-refractivity contribution in [2.45, 2.75) is 18.3 Å². The standard InChI is InChI=1S/C20H17N3O4S.K.H/c1-23-17(21-15-5-3-2-4-14(15)19(23)25)11-27-13-8-6-12(7-9-13)10-16-18(24)22-20(26)28-16;;/h2-9,16H,10-11H2,1H3,(H,22,24,26);;/q;+1;-1. The predicted molar refractivity (Wildman–Crippen MR) is 107 cm³/mol. The number of nitrogens with zero attached hydrogens (tertiary/aromatic N) is 2. The van der Waals surface area contributed by atoms with Crippen molar-refractivity contribution in [3.05, 3.63) is 70.3 Å². The van der Waals surface area contributed by atoms with E-state index in [1.54, 1.807) is 31.3 Å². The third-order valence-corrected chi connectivity index (χ3v) is 5.54. The minimum atomic E-state index is -0.393. The molecule has 2 aromatic carbocycles. The molecule has 0 radical (unpaired) electrons. The Hall–Kier alpha value is -1.49. The van der Waals surface area contributed by atoms with Gasteiger partial charge in [-0.3, -0.25) is 24.3 Å². The number of rotatable bonds is 5. The first-order valence-electron chi connectivity index (χ1n) is 8.69. The first kappa shape index (κ1) is 22.2. The molecule has 2 amide bonds. The Labute approximate surface area is 215 Å². The van der Waals surface area contributed by atoms with E-state index in [9.17, 15) is 14.4 Å². The maximum atomic E-state index is 12.4. The molecule has 144 valence electrons. The number of amides is 2. The molecule has 1 unspecified atom stereocenters. The molecule has 9 heteroatoms. The van der Waals surface area contributed by atoms with Crippen molar-refractivity contribution >= 4 is 33.8 Å². The average molecular weight is 436 g/mol. The van der Waals surface area contributed by atoms with Crippen molar-refractivity contribution < 1.29 is 67.1 Å². The SMILES string of the molecule is Cn1c(COc2ccc(CC3SC(=O)NC3=O)cc2)nc2ccccc2c1=O.[H-].[K+]. The zero-order valence-electron chi connectivity index (χ0n) is 17.0. The molecule has 7 nitrogen and oxygen atoms in total. The Kier molecular flexibility index (Phi) is 7.31. The van der Waals surface area contributed by atoms with Crippen LogP contribution in [0.15, 0.2) is 53.3 Å². The summed E-state index contributed by atoms with van der Waals surface area (Å²) in [5.74, 6) is 0.912. The van der Waals surface area contributed by atoms with Crippen LogP contribution in [0.5, 0.6) is 5.75 Å². The van der Waals surface area contributed by atoms with E-state index in [0.717, 1.165) is 17.3 Å². The molecule has 3 aromatic rings. The van der Waals surface area contributed by atoms with Crippen LogP contribution in [0.25, 0.3) is 10.9 Å². The molecule has 1 saturated heterocycles. The van der Waals surface area contributed by atoms with Crippen LogP contribution in [0.3, 0.4) is 0 Å². The average Bonchev–Trinajstić information content (AvgIpc) is 3.01. The smallest absolute Gasteiger partial charge is 1.00 e. The fraction of sp³-hybridized carbons (Fsp3) is 0.200. The number of carbonyl (C=O) groups is 2. The molecule has 0 spiro atoms. The molecule has 4 rings (SSSR count). The molecule has 0 saturated carbocycles. The molecular formula is C20H18KN3O4S. The third kappa shape index (κ3) is 4.99. The van der Waals surface area contributed by atoms with Crippen LogP contribution in [-0.2, 0) is 24.9 Å². The summed E-state index contributed by atoms with van der Waals surface area (Å²) in [4.78, 5) is 39.8. The minimum Gasteiger partial charge on any atom is -1.00 e. The van der Waals surface area contributed by atoms with Crippen LogP contribution >= 0.6 is 11.8 Å². The van der Waals surface area contributed by atoms with Crippen LogP contribution < -0.4 is 67.0 Å². The van der Waals surface area contributed by atoms with Crippen molar-refractivity contribution in [3.8, 4) is 5.75 Å². The number of ether oxygens (including phenoxy) is 1. The molecule has 1 fully saturated rings. The third-order valence-electron chi connectivity index (χ3n) is 4.56. The Morgan fingerprint density at radius 1 is 1.14 bits per heavy atom. The van der Waals surface area contributed by atoms with Gasteiger partial charge in [0, 0.05) is 7.05 Å². The van der Waals surface area contributed by atoms with Gasteiger partial charge in [-0.15, -0.1) is 0 Å². The molecular weight excluding hydrogens is 417 g/mol. The topological polar surface area (TPSA) is 90.3 Å². The van der Waals surface area contributed by atoms with Crippen molar-refractivity contribution in [3.63, 3.8) is 0 Å². The Morgan fingerprint density at radius 2 is 1.86 bits per heavy atom. The summed E-state index contributed by atoms with van der Waals surface area (Å²) in [6, 6.07) is 14.5. The second-order valence-electron chi connectivity index (χ2n) is 6.43. The maximum Gasteiger partial charge on any atom is 1.00 e. The summed E-state index contributed by atoms with van der Waals surface area (Å²) < 4.78 is 7.27. The molecule has 1 atom stereocenters. The van der Waals surface area contributed by atoms with Crippen molar-refractivity contribution in [2.24, 2.45) is 7.05 Å². The van der Waals surface area contributed by atoms with Crippen LogP contribution in [0.2, 0.25) is 0 Å². The number of fused-ring (bicyclic) bond motifs is 1. The van der Waals surface area contributed by atoms with E-state index >= 15 is 0 Å². The first-order chi connectivity index (χ1) is 13.5. The largest absolute Gasteiger partial charge is 1.00 e. The van der Waals surface area contributed by atoms with Gasteiger partial charge in [0.15, 0.2) is 0 Å². The number of benzene rings is 2. The zero-order valence-corrected chi connectivity index (χ0v) is 20.0. The van der Waals surface area contributed by atoms with Crippen LogP contribution in [0.1, 0.15) is 12.8 Å². The van der Waals surface area contributed by atoms with E-state index in [2.05, 4.69) is 10.3 Å². The second-order valence-corrected chi connectivity index (χ2v) is 7.60. The minimum absolute atomic E-state index is 0. The number of hydrogen-bond donors (Lipinski definition) is 1. The van der Waals surface area contributed by atoms with Crippen LogP contribution in [0, 0.1) is 0 Å². The van der Waals surface area contributed by atoms with E-state index in [1.807, 2.05) is 24.3 Å². The molecule has 0 bridgehead atoms. The molecule has 0 aliphatic carbocycles. The van der Waals surface area contributed by atoms with Gasteiger partial charge >= 0.3 is 51.4 Å². The van der Waals surface area contributed by atoms with Gasteiger partial charge in [-0.1, -0.05) is 36.0 Å². The molecule has 1 aliphatic heterocycles. The molecule has 1 aromatic heterocycles. The van der Waals surface area contributed by atoms with Crippen LogP contribution in [0.4, 0.5) is 4.79 Å². The number of imide groups is 1. The monoisotopic (exact) mass is 435 g/mol. The van der Waals surface area contributed by atoms with Gasteiger partial charge < -0.3 is 6.16 Å². The number of nitrogens with one attached hydrogen (secondary N) is 1. The normalized spacial score (nSPS) is 15.8. The second kappa shape index (κ2) is 9.54. The molecule has 29 heavy (non-hydrogen) atoms. The zero-order chi connectivity index (χ0) is 19.7. The summed E-state index contributed by atoms with van der Waals surface area (Å²) >= 11 is 1.01. The number of para-hydroxylation sites is 1. The summed E-state index contributed by atoms with van der Waals surface area (Å²) in [6.45, 7) is 0.158.